The molecule has 0 aliphatic heterocycles. The van der Waals surface area contributed by atoms with Crippen molar-refractivity contribution < 1.29 is 8.42 Å². The summed E-state index contributed by atoms with van der Waals surface area (Å²) >= 11 is 0. The van der Waals surface area contributed by atoms with E-state index in [2.05, 4.69) is 0 Å². The molecule has 0 radical (unpaired) electrons. The van der Waals surface area contributed by atoms with Gasteiger partial charge in [0, 0.05) is 0 Å². The van der Waals surface area contributed by atoms with E-state index in [1.807, 2.05) is 6.92 Å². The van der Waals surface area contributed by atoms with Crippen molar-refractivity contribution in [3.8, 4) is 0 Å². The largest absolute Gasteiger partial charge is 0.231 e. The highest BCUT2D eigenvalue weighted by Crippen LogP contribution is 2.30. The summed E-state index contributed by atoms with van der Waals surface area (Å²) in [6.07, 6.45) is 5.11. The van der Waals surface area contributed by atoms with Crippen LogP contribution in [-0.2, 0) is 10.7 Å². The zero-order valence-electron chi connectivity index (χ0n) is 6.30. The van der Waals surface area contributed by atoms with Crippen molar-refractivity contribution in [1.29, 1.82) is 0 Å². The first-order chi connectivity index (χ1) is 4.65. The third-order valence-electron chi connectivity index (χ3n) is 2.37. The summed E-state index contributed by atoms with van der Waals surface area (Å²) in [4.78, 5) is 0. The van der Waals surface area contributed by atoms with E-state index in [9.17, 15) is 8.42 Å². The zero-order valence-corrected chi connectivity index (χ0v) is 7.19. The molecular formula is C7H14O2S. The molecule has 0 spiro atoms. The summed E-state index contributed by atoms with van der Waals surface area (Å²) in [7, 11) is -2.20. The maximum atomic E-state index is 10.7. The standard InChI is InChI=1S/C7H14O2S/c1-7(10(8)9)5-3-2-4-6-7/h10H,2-6H2,1H3. The lowest BCUT2D eigenvalue weighted by Crippen LogP contribution is -2.29. The molecule has 0 aromatic carbocycles. The lowest BCUT2D eigenvalue weighted by atomic mass is 9.90. The first-order valence-corrected chi connectivity index (χ1v) is 4.97. The molecule has 1 aliphatic rings. The Morgan fingerprint density at radius 1 is 1.10 bits per heavy atom. The van der Waals surface area contributed by atoms with Crippen LogP contribution >= 0.6 is 0 Å². The molecule has 3 heteroatoms. The maximum Gasteiger partial charge on any atom is 0.145 e. The van der Waals surface area contributed by atoms with Gasteiger partial charge in [0.15, 0.2) is 0 Å². The second kappa shape index (κ2) is 2.91. The SMILES string of the molecule is CC1([SH](=O)=O)CCCCC1. The molecule has 0 amide bonds. The predicted octanol–water partition coefficient (Wildman–Crippen LogP) is 1.32. The molecule has 0 bridgehead atoms. The van der Waals surface area contributed by atoms with Crippen LogP contribution in [0.2, 0.25) is 0 Å². The Bertz CT molecular complexity index is 170. The minimum absolute atomic E-state index is 0.367. The molecule has 0 N–H and O–H groups in total. The van der Waals surface area contributed by atoms with Crippen molar-refractivity contribution in [2.45, 2.75) is 43.8 Å². The average Bonchev–Trinajstić information content (AvgIpc) is 1.89. The van der Waals surface area contributed by atoms with E-state index in [0.717, 1.165) is 25.7 Å². The molecule has 60 valence electrons. The summed E-state index contributed by atoms with van der Waals surface area (Å²) in [6.45, 7) is 1.86. The molecule has 0 atom stereocenters. The Balaban J connectivity index is 2.65. The monoisotopic (exact) mass is 162 g/mol. The van der Waals surface area contributed by atoms with Crippen LogP contribution in [0.15, 0.2) is 0 Å². The van der Waals surface area contributed by atoms with Gasteiger partial charge in [-0.15, -0.1) is 0 Å². The van der Waals surface area contributed by atoms with E-state index in [4.69, 9.17) is 0 Å². The molecule has 2 nitrogen and oxygen atoms in total. The number of hydrogen-bond acceptors (Lipinski definition) is 2. The lowest BCUT2D eigenvalue weighted by molar-refractivity contribution is 0.402. The molecule has 1 saturated carbocycles. The van der Waals surface area contributed by atoms with Gasteiger partial charge in [-0.25, -0.2) is 8.42 Å². The third kappa shape index (κ3) is 1.51. The van der Waals surface area contributed by atoms with Gasteiger partial charge in [0.05, 0.1) is 4.75 Å². The van der Waals surface area contributed by atoms with Crippen molar-refractivity contribution >= 4 is 10.7 Å². The van der Waals surface area contributed by atoms with Crippen molar-refractivity contribution in [3.05, 3.63) is 0 Å². The normalized spacial score (nSPS) is 25.0. The van der Waals surface area contributed by atoms with Crippen LogP contribution in [0.3, 0.4) is 0 Å². The number of hydrogen-bond donors (Lipinski definition) is 1. The van der Waals surface area contributed by atoms with Gasteiger partial charge in [0.2, 0.25) is 0 Å². The van der Waals surface area contributed by atoms with E-state index in [1.54, 1.807) is 0 Å². The van der Waals surface area contributed by atoms with E-state index in [-0.39, 0.29) is 4.75 Å². The molecule has 0 unspecified atom stereocenters. The van der Waals surface area contributed by atoms with Gasteiger partial charge in [-0.3, -0.25) is 0 Å². The first-order valence-electron chi connectivity index (χ1n) is 3.80. The van der Waals surface area contributed by atoms with E-state index in [0.29, 0.717) is 0 Å². The highest BCUT2D eigenvalue weighted by Gasteiger charge is 2.29. The van der Waals surface area contributed by atoms with Crippen LogP contribution in [0, 0.1) is 0 Å². The van der Waals surface area contributed by atoms with Crippen LogP contribution < -0.4 is 0 Å². The number of rotatable bonds is 1. The topological polar surface area (TPSA) is 34.1 Å². The van der Waals surface area contributed by atoms with E-state index in [1.165, 1.54) is 6.42 Å². The Morgan fingerprint density at radius 2 is 1.60 bits per heavy atom. The van der Waals surface area contributed by atoms with E-state index >= 15 is 0 Å². The van der Waals surface area contributed by atoms with Gasteiger partial charge in [-0.1, -0.05) is 19.3 Å². The van der Waals surface area contributed by atoms with Crippen LogP contribution in [-0.4, -0.2) is 13.2 Å². The average molecular weight is 162 g/mol. The van der Waals surface area contributed by atoms with Crippen molar-refractivity contribution in [2.75, 3.05) is 0 Å². The lowest BCUT2D eigenvalue weighted by Gasteiger charge is -2.26. The van der Waals surface area contributed by atoms with Gasteiger partial charge in [-0.05, 0) is 19.8 Å². The maximum absolute atomic E-state index is 10.7. The third-order valence-corrected chi connectivity index (χ3v) is 3.70. The van der Waals surface area contributed by atoms with Crippen molar-refractivity contribution in [3.63, 3.8) is 0 Å². The molecular weight excluding hydrogens is 148 g/mol. The van der Waals surface area contributed by atoms with Gasteiger partial charge in [-0.2, -0.15) is 0 Å². The smallest absolute Gasteiger partial charge is 0.145 e. The van der Waals surface area contributed by atoms with Crippen LogP contribution in [0.5, 0.6) is 0 Å². The minimum atomic E-state index is -2.20. The van der Waals surface area contributed by atoms with Gasteiger partial charge in [0.1, 0.15) is 10.7 Å². The first kappa shape index (κ1) is 8.05. The highest BCUT2D eigenvalue weighted by molar-refractivity contribution is 7.74. The molecule has 0 saturated heterocycles. The quantitative estimate of drug-likeness (QED) is 0.590. The molecule has 10 heavy (non-hydrogen) atoms. The van der Waals surface area contributed by atoms with Gasteiger partial charge < -0.3 is 0 Å². The summed E-state index contributed by atoms with van der Waals surface area (Å²) < 4.78 is 21.1. The fourth-order valence-electron chi connectivity index (χ4n) is 1.50. The van der Waals surface area contributed by atoms with E-state index < -0.39 is 10.7 Å². The molecule has 1 aliphatic carbocycles. The minimum Gasteiger partial charge on any atom is -0.231 e. The fraction of sp³-hybridized carbons (Fsp3) is 1.00. The molecule has 0 heterocycles. The summed E-state index contributed by atoms with van der Waals surface area (Å²) in [5.41, 5.74) is 0. The summed E-state index contributed by atoms with van der Waals surface area (Å²) in [6, 6.07) is 0. The fourth-order valence-corrected chi connectivity index (χ4v) is 2.18. The van der Waals surface area contributed by atoms with Gasteiger partial charge >= 0.3 is 0 Å². The Labute approximate surface area is 63.6 Å². The Hall–Kier alpha value is -0.0500. The second-order valence-corrected chi connectivity index (χ2v) is 4.91. The summed E-state index contributed by atoms with van der Waals surface area (Å²) in [5.74, 6) is 0. The van der Waals surface area contributed by atoms with Crippen molar-refractivity contribution in [2.24, 2.45) is 0 Å². The molecule has 1 fully saturated rings. The van der Waals surface area contributed by atoms with Crippen LogP contribution in [0.25, 0.3) is 0 Å². The Morgan fingerprint density at radius 3 is 1.90 bits per heavy atom. The second-order valence-electron chi connectivity index (χ2n) is 3.31. The number of thiol groups is 1. The predicted molar refractivity (Wildman–Crippen MR) is 41.8 cm³/mol. The van der Waals surface area contributed by atoms with Gasteiger partial charge in [0.25, 0.3) is 0 Å². The molecule has 1 rings (SSSR count). The molecule has 0 aromatic rings. The van der Waals surface area contributed by atoms with Crippen LogP contribution in [0.1, 0.15) is 39.0 Å². The Kier molecular flexibility index (Phi) is 2.34. The zero-order chi connectivity index (χ0) is 7.61. The highest BCUT2D eigenvalue weighted by atomic mass is 32.2. The van der Waals surface area contributed by atoms with Crippen molar-refractivity contribution in [1.82, 2.24) is 0 Å². The van der Waals surface area contributed by atoms with Crippen LogP contribution in [0.4, 0.5) is 0 Å². The molecule has 0 aromatic heterocycles. The summed E-state index contributed by atoms with van der Waals surface area (Å²) in [5, 5.41) is 0.